The van der Waals surface area contributed by atoms with Crippen LogP contribution in [0.5, 0.6) is 5.75 Å². The first kappa shape index (κ1) is 21.5. The highest BCUT2D eigenvalue weighted by Gasteiger charge is 2.23. The normalized spacial score (nSPS) is 16.3. The minimum atomic E-state index is -0.327. The Hall–Kier alpha value is -3.39. The number of nitrogens with zero attached hydrogens (tertiary/aromatic N) is 2. The Morgan fingerprint density at radius 2 is 2.00 bits per heavy atom. The molecule has 1 N–H and O–H groups in total. The van der Waals surface area contributed by atoms with Crippen molar-refractivity contribution in [2.75, 3.05) is 18.5 Å². The van der Waals surface area contributed by atoms with Crippen molar-refractivity contribution in [3.05, 3.63) is 58.2 Å². The fourth-order valence-corrected chi connectivity index (χ4v) is 5.35. The van der Waals surface area contributed by atoms with Crippen molar-refractivity contribution in [2.24, 2.45) is 4.99 Å². The number of rotatable bonds is 5. The molecule has 0 atom stereocenters. The maximum absolute atomic E-state index is 11.9. The fraction of sp³-hybridized carbons (Fsp3) is 0.320. The van der Waals surface area contributed by atoms with E-state index in [4.69, 9.17) is 14.5 Å². The summed E-state index contributed by atoms with van der Waals surface area (Å²) in [5, 5.41) is 5.02. The number of esters is 1. The summed E-state index contributed by atoms with van der Waals surface area (Å²) in [5.41, 5.74) is 4.10. The predicted octanol–water partition coefficient (Wildman–Crippen LogP) is 5.07. The number of fused-ring (bicyclic) bond motifs is 1. The Labute approximate surface area is 195 Å². The van der Waals surface area contributed by atoms with Gasteiger partial charge in [-0.05, 0) is 62.2 Å². The summed E-state index contributed by atoms with van der Waals surface area (Å²) in [6.07, 6.45) is 4.64. The molecule has 33 heavy (non-hydrogen) atoms. The number of anilines is 1. The molecule has 1 fully saturated rings. The Morgan fingerprint density at radius 3 is 2.76 bits per heavy atom. The maximum Gasteiger partial charge on any atom is 0.338 e. The van der Waals surface area contributed by atoms with E-state index in [0.29, 0.717) is 29.6 Å². The Bertz CT molecular complexity index is 1250. The van der Waals surface area contributed by atoms with Crippen LogP contribution in [0.25, 0.3) is 11.3 Å². The zero-order chi connectivity index (χ0) is 22.8. The number of ether oxygens (including phenoxy) is 2. The first-order chi connectivity index (χ1) is 16.1. The van der Waals surface area contributed by atoms with Crippen LogP contribution in [-0.2, 0) is 9.53 Å². The number of carbonyl (C=O) groups excluding carboxylic acids is 2. The van der Waals surface area contributed by atoms with Crippen molar-refractivity contribution in [1.29, 1.82) is 0 Å². The van der Waals surface area contributed by atoms with Crippen molar-refractivity contribution in [2.45, 2.75) is 38.6 Å². The first-order valence-corrected chi connectivity index (χ1v) is 12.1. The van der Waals surface area contributed by atoms with E-state index >= 15 is 0 Å². The molecule has 170 valence electrons. The molecule has 0 unspecified atom stereocenters. The van der Waals surface area contributed by atoms with Crippen LogP contribution in [0.4, 0.5) is 11.4 Å². The standard InChI is InChI=1S/C25H25N3O4S/c1-2-31-24(30)16-7-10-18(11-8-16)26-25-28(19-5-3-4-6-19)21(15-33-25)17-9-12-22-20(13-17)27-23(29)14-32-22/h7-13,15,19H,2-6,14H2,1H3,(H,27,29). The fourth-order valence-electron chi connectivity index (χ4n) is 4.37. The van der Waals surface area contributed by atoms with Gasteiger partial charge in [0.1, 0.15) is 5.75 Å². The summed E-state index contributed by atoms with van der Waals surface area (Å²) in [7, 11) is 0. The highest BCUT2D eigenvalue weighted by Crippen LogP contribution is 2.37. The van der Waals surface area contributed by atoms with Gasteiger partial charge in [0.2, 0.25) is 0 Å². The minimum absolute atomic E-state index is 0.0465. The largest absolute Gasteiger partial charge is 0.482 e. The van der Waals surface area contributed by atoms with Gasteiger partial charge in [-0.25, -0.2) is 9.79 Å². The lowest BCUT2D eigenvalue weighted by atomic mass is 10.1. The van der Waals surface area contributed by atoms with Gasteiger partial charge in [-0.1, -0.05) is 12.8 Å². The van der Waals surface area contributed by atoms with Crippen LogP contribution in [0.2, 0.25) is 0 Å². The van der Waals surface area contributed by atoms with Crippen molar-refractivity contribution in [3.8, 4) is 17.0 Å². The molecule has 5 rings (SSSR count). The van der Waals surface area contributed by atoms with Crippen LogP contribution in [0.3, 0.4) is 0 Å². The van der Waals surface area contributed by atoms with Gasteiger partial charge >= 0.3 is 5.97 Å². The molecule has 2 heterocycles. The zero-order valence-corrected chi connectivity index (χ0v) is 19.2. The zero-order valence-electron chi connectivity index (χ0n) is 18.4. The lowest BCUT2D eigenvalue weighted by molar-refractivity contribution is -0.118. The van der Waals surface area contributed by atoms with E-state index in [1.165, 1.54) is 12.8 Å². The third-order valence-corrected chi connectivity index (χ3v) is 6.78. The average molecular weight is 464 g/mol. The molecular weight excluding hydrogens is 438 g/mol. The monoisotopic (exact) mass is 463 g/mol. The van der Waals surface area contributed by atoms with Crippen molar-refractivity contribution in [1.82, 2.24) is 4.57 Å². The number of benzene rings is 2. The minimum Gasteiger partial charge on any atom is -0.482 e. The Balaban J connectivity index is 1.54. The predicted molar refractivity (Wildman–Crippen MR) is 127 cm³/mol. The van der Waals surface area contributed by atoms with Crippen LogP contribution in [0.1, 0.15) is 49.0 Å². The Morgan fingerprint density at radius 1 is 1.21 bits per heavy atom. The second-order valence-corrected chi connectivity index (χ2v) is 8.98. The van der Waals surface area contributed by atoms with Crippen LogP contribution in [0, 0.1) is 0 Å². The molecule has 1 aliphatic carbocycles. The molecule has 7 nitrogen and oxygen atoms in total. The number of aromatic nitrogens is 1. The van der Waals surface area contributed by atoms with Gasteiger partial charge in [0.15, 0.2) is 11.4 Å². The molecule has 2 aliphatic rings. The van der Waals surface area contributed by atoms with Gasteiger partial charge in [0, 0.05) is 17.0 Å². The van der Waals surface area contributed by atoms with Gasteiger partial charge in [0.05, 0.1) is 29.2 Å². The lowest BCUT2D eigenvalue weighted by Gasteiger charge is -2.20. The average Bonchev–Trinajstić information content (AvgIpc) is 3.49. The highest BCUT2D eigenvalue weighted by atomic mass is 32.1. The molecule has 1 saturated carbocycles. The van der Waals surface area contributed by atoms with Crippen molar-refractivity contribution in [3.63, 3.8) is 0 Å². The van der Waals surface area contributed by atoms with Crippen LogP contribution in [-0.4, -0.2) is 29.7 Å². The molecule has 0 saturated heterocycles. The molecular formula is C25H25N3O4S. The van der Waals surface area contributed by atoms with Crippen molar-refractivity contribution >= 4 is 34.6 Å². The maximum atomic E-state index is 11.9. The number of amides is 1. The van der Waals surface area contributed by atoms with Gasteiger partial charge in [-0.2, -0.15) is 0 Å². The number of thiazole rings is 1. The van der Waals surface area contributed by atoms with Gasteiger partial charge in [-0.3, -0.25) is 4.79 Å². The van der Waals surface area contributed by atoms with E-state index in [1.807, 2.05) is 30.3 Å². The van der Waals surface area contributed by atoms with Crippen LogP contribution < -0.4 is 14.9 Å². The van der Waals surface area contributed by atoms with E-state index in [9.17, 15) is 9.59 Å². The molecule has 1 amide bonds. The first-order valence-electron chi connectivity index (χ1n) is 11.2. The molecule has 0 spiro atoms. The van der Waals surface area contributed by atoms with Gasteiger partial charge in [0.25, 0.3) is 5.91 Å². The Kier molecular flexibility index (Phi) is 6.00. The summed E-state index contributed by atoms with van der Waals surface area (Å²) in [5.74, 6) is 0.218. The second-order valence-electron chi connectivity index (χ2n) is 8.14. The van der Waals surface area contributed by atoms with Gasteiger partial charge < -0.3 is 19.4 Å². The van der Waals surface area contributed by atoms with Crippen LogP contribution in [0.15, 0.2) is 52.8 Å². The number of hydrogen-bond acceptors (Lipinski definition) is 6. The summed E-state index contributed by atoms with van der Waals surface area (Å²) in [6, 6.07) is 13.5. The molecule has 0 radical (unpaired) electrons. The molecule has 0 bridgehead atoms. The van der Waals surface area contributed by atoms with E-state index in [1.54, 1.807) is 30.4 Å². The summed E-state index contributed by atoms with van der Waals surface area (Å²) in [4.78, 5) is 29.5. The van der Waals surface area contributed by atoms with Crippen molar-refractivity contribution < 1.29 is 19.1 Å². The molecule has 1 aromatic heterocycles. The van der Waals surface area contributed by atoms with E-state index in [2.05, 4.69) is 15.3 Å². The quantitative estimate of drug-likeness (QED) is 0.536. The third-order valence-electron chi connectivity index (χ3n) is 5.94. The highest BCUT2D eigenvalue weighted by molar-refractivity contribution is 7.07. The molecule has 3 aromatic rings. The molecule has 2 aromatic carbocycles. The number of carbonyl (C=O) groups is 2. The van der Waals surface area contributed by atoms with Gasteiger partial charge in [-0.15, -0.1) is 11.3 Å². The number of nitrogens with one attached hydrogen (secondary N) is 1. The molecule has 1 aliphatic heterocycles. The van der Waals surface area contributed by atoms with E-state index < -0.39 is 0 Å². The van der Waals surface area contributed by atoms with Crippen LogP contribution >= 0.6 is 11.3 Å². The third kappa shape index (κ3) is 4.43. The summed E-state index contributed by atoms with van der Waals surface area (Å²) >= 11 is 1.60. The van der Waals surface area contributed by atoms with E-state index in [0.717, 1.165) is 34.6 Å². The second kappa shape index (κ2) is 9.23. The topological polar surface area (TPSA) is 81.9 Å². The molecule has 8 heteroatoms. The summed E-state index contributed by atoms with van der Waals surface area (Å²) in [6.45, 7) is 2.19. The smallest absolute Gasteiger partial charge is 0.338 e. The number of hydrogen-bond donors (Lipinski definition) is 1. The summed E-state index contributed by atoms with van der Waals surface area (Å²) < 4.78 is 12.9. The SMILES string of the molecule is CCOC(=O)c1ccc(N=c2scc(-c3ccc4c(c3)NC(=O)CO4)n2C2CCCC2)cc1. The lowest BCUT2D eigenvalue weighted by Crippen LogP contribution is -2.25. The van der Waals surface area contributed by atoms with E-state index in [-0.39, 0.29) is 18.5 Å².